The maximum atomic E-state index is 10.7. The predicted molar refractivity (Wildman–Crippen MR) is 48.9 cm³/mol. The monoisotopic (exact) mass is 200 g/mol. The fourth-order valence-electron chi connectivity index (χ4n) is 1.01. The van der Waals surface area contributed by atoms with Gasteiger partial charge in [-0.1, -0.05) is 18.2 Å². The van der Waals surface area contributed by atoms with Crippen molar-refractivity contribution in [3.8, 4) is 0 Å². The normalized spacial score (nSPS) is 8.62. The largest absolute Gasteiger partial charge is 1.00 e. The average molecular weight is 200 g/mol. The van der Waals surface area contributed by atoms with Crippen molar-refractivity contribution in [2.24, 2.45) is 0 Å². The van der Waals surface area contributed by atoms with Crippen LogP contribution in [0.5, 0.6) is 0 Å². The van der Waals surface area contributed by atoms with Crippen molar-refractivity contribution in [3.05, 3.63) is 54.2 Å². The van der Waals surface area contributed by atoms with Crippen molar-refractivity contribution in [2.75, 3.05) is 0 Å². The van der Waals surface area contributed by atoms with E-state index in [-0.39, 0.29) is 64.4 Å². The Kier molecular flexibility index (Phi) is 5.75. The Balaban J connectivity index is 0.000000720. The molecule has 0 N–H and O–H groups in total. The van der Waals surface area contributed by atoms with Gasteiger partial charge in [-0.3, -0.25) is 0 Å². The molecule has 13 heavy (non-hydrogen) atoms. The number of para-hydroxylation sites is 1. The molecule has 0 bridgehead atoms. The summed E-state index contributed by atoms with van der Waals surface area (Å²) in [6, 6.07) is 10.6. The quantitative estimate of drug-likeness (QED) is 0.318. The van der Waals surface area contributed by atoms with Crippen molar-refractivity contribution in [2.45, 2.75) is 0 Å². The van der Waals surface area contributed by atoms with Crippen LogP contribution in [0.2, 0.25) is 0 Å². The summed E-state index contributed by atoms with van der Waals surface area (Å²) in [7, 11) is 0. The minimum Gasteiger partial charge on any atom is -0.423 e. The molecule has 0 aliphatic heterocycles. The van der Waals surface area contributed by atoms with Gasteiger partial charge in [0, 0.05) is 11.5 Å². The zero-order valence-electron chi connectivity index (χ0n) is 7.78. The van der Waals surface area contributed by atoms with Gasteiger partial charge in [0.05, 0.1) is 0 Å². The summed E-state index contributed by atoms with van der Waals surface area (Å²) in [6.07, 6.45) is 0. The molecule has 0 spiro atoms. The van der Waals surface area contributed by atoms with Gasteiger partial charge in [-0.2, -0.15) is 0 Å². The fourth-order valence-corrected chi connectivity index (χ4v) is 1.01. The van der Waals surface area contributed by atoms with E-state index in [1.54, 1.807) is 12.1 Å². The van der Waals surface area contributed by atoms with E-state index in [2.05, 4.69) is 0 Å². The third-order valence-corrected chi connectivity index (χ3v) is 1.53. The van der Waals surface area contributed by atoms with Crippen LogP contribution in [0.3, 0.4) is 0 Å². The van der Waals surface area contributed by atoms with Crippen LogP contribution < -0.4 is 57.0 Å². The Morgan fingerprint density at radius 3 is 2.46 bits per heavy atom. The van der Waals surface area contributed by atoms with Crippen LogP contribution in [0, 0.1) is 7.43 Å². The molecule has 0 unspecified atom stereocenters. The molecule has 3 heteroatoms. The van der Waals surface area contributed by atoms with E-state index in [0.717, 1.165) is 5.39 Å². The fraction of sp³-hybridized carbons (Fsp3) is 0. The predicted octanol–water partition coefficient (Wildman–Crippen LogP) is -0.753. The van der Waals surface area contributed by atoms with Crippen LogP contribution >= 0.6 is 0 Å². The van der Waals surface area contributed by atoms with Gasteiger partial charge in [0.1, 0.15) is 5.58 Å². The molecule has 1 aromatic carbocycles. The van der Waals surface area contributed by atoms with E-state index in [4.69, 9.17) is 4.42 Å². The molecule has 2 nitrogen and oxygen atoms in total. The number of hydrogen-bond donors (Lipinski definition) is 0. The first kappa shape index (κ1) is 13.1. The van der Waals surface area contributed by atoms with Crippen molar-refractivity contribution in [1.29, 1.82) is 0 Å². The summed E-state index contributed by atoms with van der Waals surface area (Å²) in [5, 5.41) is 0.951. The maximum Gasteiger partial charge on any atom is 1.00 e. The summed E-state index contributed by atoms with van der Waals surface area (Å²) in [5.41, 5.74) is 0.337. The zero-order chi connectivity index (χ0) is 7.68. The first-order valence-electron chi connectivity index (χ1n) is 3.35. The molecular weight excluding hydrogens is 191 g/mol. The summed E-state index contributed by atoms with van der Waals surface area (Å²) in [4.78, 5) is 10.7. The first-order chi connectivity index (χ1) is 5.36. The first-order valence-corrected chi connectivity index (χ1v) is 3.35. The van der Waals surface area contributed by atoms with Gasteiger partial charge in [0.25, 0.3) is 0 Å². The van der Waals surface area contributed by atoms with Crippen molar-refractivity contribution in [1.82, 2.24) is 0 Å². The van der Waals surface area contributed by atoms with Gasteiger partial charge in [-0.15, -0.1) is 0 Å². The van der Waals surface area contributed by atoms with Crippen LogP contribution in [-0.2, 0) is 0 Å². The zero-order valence-corrected chi connectivity index (χ0v) is 10.9. The average Bonchev–Trinajstić information content (AvgIpc) is 2.04. The molecular formula is C10H9KO2. The number of fused-ring (bicyclic) bond motifs is 1. The van der Waals surface area contributed by atoms with Crippen LogP contribution in [0.25, 0.3) is 11.0 Å². The Labute approximate surface area is 119 Å². The number of rotatable bonds is 0. The van der Waals surface area contributed by atoms with Crippen LogP contribution in [0.15, 0.2) is 45.6 Å². The smallest absolute Gasteiger partial charge is 0.423 e. The van der Waals surface area contributed by atoms with E-state index in [1.807, 2.05) is 18.2 Å². The van der Waals surface area contributed by atoms with Gasteiger partial charge in [-0.25, -0.2) is 4.79 Å². The molecule has 0 saturated heterocycles. The third-order valence-electron chi connectivity index (χ3n) is 1.53. The van der Waals surface area contributed by atoms with E-state index < -0.39 is 0 Å². The molecule has 0 fully saturated rings. The third kappa shape index (κ3) is 3.04. The molecule has 62 valence electrons. The Bertz CT molecular complexity index is 434. The second kappa shape index (κ2) is 5.72. The van der Waals surface area contributed by atoms with E-state index >= 15 is 0 Å². The van der Waals surface area contributed by atoms with E-state index in [9.17, 15) is 4.79 Å². The standard InChI is InChI=1S/C9H6O2.CH3.K/c10-9-6-5-7-3-1-2-4-8(7)11-9;;/h1-6H;1H3;/q;-1;+1. The minimum absolute atomic E-state index is 0. The Morgan fingerprint density at radius 2 is 1.69 bits per heavy atom. The second-order valence-corrected chi connectivity index (χ2v) is 2.29. The molecule has 1 aromatic heterocycles. The molecule has 2 aromatic rings. The van der Waals surface area contributed by atoms with Crippen molar-refractivity contribution < 1.29 is 55.8 Å². The Hall–Kier alpha value is 0.0664. The summed E-state index contributed by atoms with van der Waals surface area (Å²) in [5.74, 6) is 0. The van der Waals surface area contributed by atoms with E-state index in [0.29, 0.717) is 5.58 Å². The molecule has 0 atom stereocenters. The molecule has 0 aliphatic carbocycles. The number of benzene rings is 1. The minimum atomic E-state index is -0.302. The van der Waals surface area contributed by atoms with Crippen molar-refractivity contribution in [3.63, 3.8) is 0 Å². The second-order valence-electron chi connectivity index (χ2n) is 2.29. The van der Waals surface area contributed by atoms with Gasteiger partial charge in [0.15, 0.2) is 0 Å². The van der Waals surface area contributed by atoms with Crippen LogP contribution in [0.4, 0.5) is 0 Å². The summed E-state index contributed by atoms with van der Waals surface area (Å²) >= 11 is 0. The molecule has 0 amide bonds. The van der Waals surface area contributed by atoms with Crippen molar-refractivity contribution >= 4 is 11.0 Å². The summed E-state index contributed by atoms with van der Waals surface area (Å²) in [6.45, 7) is 0. The SMILES string of the molecule is O=c1ccc2ccccc2o1.[CH3-].[K+]. The van der Waals surface area contributed by atoms with E-state index in [1.165, 1.54) is 6.07 Å². The number of hydrogen-bond acceptors (Lipinski definition) is 2. The molecule has 0 saturated carbocycles. The maximum absolute atomic E-state index is 10.7. The molecule has 0 radical (unpaired) electrons. The van der Waals surface area contributed by atoms with Gasteiger partial charge in [0.2, 0.25) is 0 Å². The Morgan fingerprint density at radius 1 is 1.00 bits per heavy atom. The molecule has 0 aliphatic rings. The summed E-state index contributed by atoms with van der Waals surface area (Å²) < 4.78 is 4.91. The van der Waals surface area contributed by atoms with Gasteiger partial charge in [-0.05, 0) is 12.1 Å². The topological polar surface area (TPSA) is 30.2 Å². The molecule has 1 heterocycles. The van der Waals surface area contributed by atoms with Crippen LogP contribution in [0.1, 0.15) is 0 Å². The molecule has 2 rings (SSSR count). The van der Waals surface area contributed by atoms with Crippen LogP contribution in [-0.4, -0.2) is 0 Å². The van der Waals surface area contributed by atoms with Gasteiger partial charge >= 0.3 is 57.0 Å². The van der Waals surface area contributed by atoms with Gasteiger partial charge < -0.3 is 11.8 Å².